The molecule has 0 fully saturated rings. The lowest BCUT2D eigenvalue weighted by Crippen LogP contribution is -2.27. The number of amidine groups is 1. The Hall–Kier alpha value is -3.36. The summed E-state index contributed by atoms with van der Waals surface area (Å²) in [6.45, 7) is 18.2. The first-order valence-electron chi connectivity index (χ1n) is 13.4. The Morgan fingerprint density at radius 3 is 1.76 bits per heavy atom. The van der Waals surface area contributed by atoms with E-state index in [0.29, 0.717) is 0 Å². The zero-order chi connectivity index (χ0) is 28.1. The van der Waals surface area contributed by atoms with Gasteiger partial charge < -0.3 is 4.90 Å². The van der Waals surface area contributed by atoms with Crippen molar-refractivity contribution in [1.29, 1.82) is 0 Å². The van der Waals surface area contributed by atoms with Crippen molar-refractivity contribution in [2.24, 2.45) is 4.99 Å². The molecular weight excluding hydrogens is 484 g/mol. The lowest BCUT2D eigenvalue weighted by Gasteiger charge is -2.25. The van der Waals surface area contributed by atoms with Crippen LogP contribution in [0.2, 0.25) is 5.02 Å². The summed E-state index contributed by atoms with van der Waals surface area (Å²) in [5, 5.41) is 0.771. The molecule has 0 atom stereocenters. The monoisotopic (exact) mass is 526 g/mol. The molecule has 4 rings (SSSR count). The van der Waals surface area contributed by atoms with Crippen LogP contribution >= 0.6 is 11.6 Å². The molecule has 0 aromatic heterocycles. The highest BCUT2D eigenvalue weighted by Gasteiger charge is 2.10. The van der Waals surface area contributed by atoms with Crippen molar-refractivity contribution in [3.8, 4) is 0 Å². The van der Waals surface area contributed by atoms with E-state index in [2.05, 4.69) is 106 Å². The molecule has 3 heteroatoms. The van der Waals surface area contributed by atoms with Gasteiger partial charge in [-0.1, -0.05) is 109 Å². The quantitative estimate of drug-likeness (QED) is 0.186. The lowest BCUT2D eigenvalue weighted by molar-refractivity contribution is 0.404. The zero-order valence-corrected chi connectivity index (χ0v) is 25.1. The predicted molar refractivity (Wildman–Crippen MR) is 168 cm³/mol. The van der Waals surface area contributed by atoms with Crippen LogP contribution in [0.15, 0.2) is 96.0 Å². The van der Waals surface area contributed by atoms with E-state index in [1.54, 1.807) is 0 Å². The Morgan fingerprint density at radius 2 is 1.21 bits per heavy atom. The summed E-state index contributed by atoms with van der Waals surface area (Å²) >= 11 is 6.15. The second kappa shape index (κ2) is 15.8. The van der Waals surface area contributed by atoms with Crippen LogP contribution in [0.3, 0.4) is 0 Å². The van der Waals surface area contributed by atoms with Gasteiger partial charge in [-0.2, -0.15) is 0 Å². The zero-order valence-electron chi connectivity index (χ0n) is 24.3. The van der Waals surface area contributed by atoms with Crippen LogP contribution in [0, 0.1) is 34.6 Å². The van der Waals surface area contributed by atoms with Gasteiger partial charge in [0, 0.05) is 18.1 Å². The predicted octanol–water partition coefficient (Wildman–Crippen LogP) is 10.3. The molecule has 200 valence electrons. The average molecular weight is 527 g/mol. The second-order valence-corrected chi connectivity index (χ2v) is 9.91. The first kappa shape index (κ1) is 30.9. The minimum atomic E-state index is 0.771. The molecule has 0 saturated heterocycles. The van der Waals surface area contributed by atoms with Crippen LogP contribution in [0.1, 0.15) is 59.7 Å². The largest absolute Gasteiger partial charge is 0.352 e. The molecule has 0 saturated carbocycles. The first-order chi connectivity index (χ1) is 18.2. The minimum Gasteiger partial charge on any atom is -0.352 e. The molecular formula is C35H43ClN2. The fourth-order valence-electron chi connectivity index (χ4n) is 3.85. The van der Waals surface area contributed by atoms with E-state index in [4.69, 9.17) is 16.6 Å². The smallest absolute Gasteiger partial charge is 0.102 e. The van der Waals surface area contributed by atoms with E-state index in [9.17, 15) is 0 Å². The average Bonchev–Trinajstić information content (AvgIpc) is 2.91. The summed E-state index contributed by atoms with van der Waals surface area (Å²) in [4.78, 5) is 7.16. The molecule has 38 heavy (non-hydrogen) atoms. The van der Waals surface area contributed by atoms with Crippen molar-refractivity contribution >= 4 is 23.1 Å². The number of aliphatic imine (C=N–C) groups is 1. The summed E-state index contributed by atoms with van der Waals surface area (Å²) in [6, 6.07) is 31.6. The Labute approximate surface area is 236 Å². The topological polar surface area (TPSA) is 15.6 Å². The molecule has 0 spiro atoms. The number of hydrogen-bond donors (Lipinski definition) is 0. The lowest BCUT2D eigenvalue weighted by atomic mass is 10.1. The molecule has 4 aromatic carbocycles. The maximum atomic E-state index is 6.15. The van der Waals surface area contributed by atoms with Gasteiger partial charge in [0.2, 0.25) is 0 Å². The van der Waals surface area contributed by atoms with Crippen molar-refractivity contribution in [3.63, 3.8) is 0 Å². The van der Waals surface area contributed by atoms with Crippen molar-refractivity contribution in [3.05, 3.63) is 135 Å². The molecule has 0 heterocycles. The number of benzene rings is 4. The molecule has 2 nitrogen and oxygen atoms in total. The normalized spacial score (nSPS) is 10.6. The van der Waals surface area contributed by atoms with Crippen molar-refractivity contribution in [2.75, 3.05) is 0 Å². The Balaban J connectivity index is 0.000000387. The van der Waals surface area contributed by atoms with E-state index < -0.39 is 0 Å². The van der Waals surface area contributed by atoms with Crippen LogP contribution in [0.25, 0.3) is 0 Å². The molecule has 4 aromatic rings. The van der Waals surface area contributed by atoms with Gasteiger partial charge >= 0.3 is 0 Å². The Morgan fingerprint density at radius 1 is 0.632 bits per heavy atom. The third kappa shape index (κ3) is 10.2. The maximum Gasteiger partial charge on any atom is 0.102 e. The van der Waals surface area contributed by atoms with Crippen LogP contribution < -0.4 is 0 Å². The van der Waals surface area contributed by atoms with Crippen molar-refractivity contribution < 1.29 is 0 Å². The van der Waals surface area contributed by atoms with Gasteiger partial charge in [0.15, 0.2) is 0 Å². The summed E-state index contributed by atoms with van der Waals surface area (Å²) in [5.41, 5.74) is 9.89. The molecule has 0 aliphatic carbocycles. The fourth-order valence-corrected chi connectivity index (χ4v) is 3.97. The number of halogens is 1. The van der Waals surface area contributed by atoms with Crippen molar-refractivity contribution in [2.45, 2.75) is 68.5 Å². The van der Waals surface area contributed by atoms with Crippen LogP contribution in [0.5, 0.6) is 0 Å². The number of aryl methyl sites for hydroxylation is 5. The van der Waals surface area contributed by atoms with Gasteiger partial charge in [-0.25, -0.2) is 4.99 Å². The standard InChI is InChI=1S/C24H25ClN2.C9H12.C2H6/c1-18-9-11-22(12-10-18)17-27(16-21-7-5-4-6-8-21)20(3)26-23-13-14-24(25)19(2)15-23;1-7-4-5-8(2)9(3)6-7;1-2/h4-15H,16-17H2,1-3H3;4-6H,1-3H3;1-2H3. The van der Waals surface area contributed by atoms with E-state index in [1.807, 2.05) is 45.0 Å². The van der Waals surface area contributed by atoms with Gasteiger partial charge in [-0.3, -0.25) is 0 Å². The summed E-state index contributed by atoms with van der Waals surface area (Å²) < 4.78 is 0. The molecule has 0 aliphatic heterocycles. The van der Waals surface area contributed by atoms with Crippen LogP contribution in [0.4, 0.5) is 5.69 Å². The van der Waals surface area contributed by atoms with E-state index in [0.717, 1.165) is 35.2 Å². The number of hydrogen-bond acceptors (Lipinski definition) is 1. The first-order valence-corrected chi connectivity index (χ1v) is 13.8. The third-order valence-corrected chi connectivity index (χ3v) is 6.69. The third-order valence-electron chi connectivity index (χ3n) is 6.26. The molecule has 0 N–H and O–H groups in total. The van der Waals surface area contributed by atoms with Crippen LogP contribution in [-0.4, -0.2) is 10.7 Å². The second-order valence-electron chi connectivity index (χ2n) is 9.51. The molecule has 0 aliphatic rings. The molecule has 0 radical (unpaired) electrons. The van der Waals surface area contributed by atoms with Crippen molar-refractivity contribution in [1.82, 2.24) is 4.90 Å². The Kier molecular flexibility index (Phi) is 12.8. The van der Waals surface area contributed by atoms with Crippen LogP contribution in [-0.2, 0) is 13.1 Å². The highest BCUT2D eigenvalue weighted by atomic mass is 35.5. The highest BCUT2D eigenvalue weighted by molar-refractivity contribution is 6.31. The highest BCUT2D eigenvalue weighted by Crippen LogP contribution is 2.22. The van der Waals surface area contributed by atoms with Gasteiger partial charge in [0.25, 0.3) is 0 Å². The molecule has 0 amide bonds. The summed E-state index contributed by atoms with van der Waals surface area (Å²) in [5.74, 6) is 0.987. The van der Waals surface area contributed by atoms with Gasteiger partial charge in [-0.15, -0.1) is 0 Å². The van der Waals surface area contributed by atoms with E-state index in [1.165, 1.54) is 33.4 Å². The summed E-state index contributed by atoms with van der Waals surface area (Å²) in [7, 11) is 0. The van der Waals surface area contributed by atoms with E-state index >= 15 is 0 Å². The molecule has 0 unspecified atom stereocenters. The minimum absolute atomic E-state index is 0.771. The maximum absolute atomic E-state index is 6.15. The molecule has 0 bridgehead atoms. The SMILES string of the molecule is CC.CC(=Nc1ccc(Cl)c(C)c1)N(Cc1ccccc1)Cc1ccc(C)cc1.Cc1ccc(C)c(C)c1. The fraction of sp³-hybridized carbons (Fsp3) is 0.286. The number of rotatable bonds is 5. The van der Waals surface area contributed by atoms with Gasteiger partial charge in [-0.05, 0) is 87.6 Å². The summed E-state index contributed by atoms with van der Waals surface area (Å²) in [6.07, 6.45) is 0. The number of nitrogens with zero attached hydrogens (tertiary/aromatic N) is 2. The van der Waals surface area contributed by atoms with Gasteiger partial charge in [0.05, 0.1) is 5.69 Å². The Bertz CT molecular complexity index is 1290. The van der Waals surface area contributed by atoms with E-state index in [-0.39, 0.29) is 0 Å². The van der Waals surface area contributed by atoms with Gasteiger partial charge in [0.1, 0.15) is 5.84 Å².